The first kappa shape index (κ1) is 13.6. The Morgan fingerprint density at radius 2 is 2.17 bits per heavy atom. The molecule has 0 radical (unpaired) electrons. The van der Waals surface area contributed by atoms with Crippen LogP contribution in [0.15, 0.2) is 12.4 Å². The topological polar surface area (TPSA) is 47.1 Å². The van der Waals surface area contributed by atoms with E-state index >= 15 is 0 Å². The standard InChI is InChI=1S/C14H26N4/c1-14(2,3)10-12(15)4-6-17-8-9-18-7-5-16-13(18)11-17/h5,7,12H,4,6,8-11,15H2,1-3H3. The van der Waals surface area contributed by atoms with Crippen molar-refractivity contribution in [3.63, 3.8) is 0 Å². The van der Waals surface area contributed by atoms with Crippen LogP contribution in [0.1, 0.15) is 39.4 Å². The van der Waals surface area contributed by atoms with Crippen molar-refractivity contribution in [3.8, 4) is 0 Å². The van der Waals surface area contributed by atoms with E-state index in [-0.39, 0.29) is 0 Å². The summed E-state index contributed by atoms with van der Waals surface area (Å²) in [4.78, 5) is 6.85. The molecule has 0 saturated carbocycles. The predicted octanol–water partition coefficient (Wildman–Crippen LogP) is 1.85. The highest BCUT2D eigenvalue weighted by Gasteiger charge is 2.19. The molecule has 4 heteroatoms. The fourth-order valence-electron chi connectivity index (χ4n) is 2.65. The van der Waals surface area contributed by atoms with Gasteiger partial charge in [-0.05, 0) is 18.3 Å². The molecule has 18 heavy (non-hydrogen) atoms. The molecule has 0 aliphatic carbocycles. The Kier molecular flexibility index (Phi) is 4.07. The molecule has 2 rings (SSSR count). The Balaban J connectivity index is 1.75. The minimum absolute atomic E-state index is 0.312. The molecular formula is C14H26N4. The number of hydrogen-bond donors (Lipinski definition) is 1. The number of rotatable bonds is 4. The van der Waals surface area contributed by atoms with Gasteiger partial charge in [0.15, 0.2) is 0 Å². The molecule has 4 nitrogen and oxygen atoms in total. The SMILES string of the molecule is CC(C)(C)CC(N)CCN1CCn2ccnc2C1. The summed E-state index contributed by atoms with van der Waals surface area (Å²) in [5.74, 6) is 1.19. The van der Waals surface area contributed by atoms with Gasteiger partial charge in [0, 0.05) is 38.1 Å². The smallest absolute Gasteiger partial charge is 0.122 e. The summed E-state index contributed by atoms with van der Waals surface area (Å²) in [6, 6.07) is 0.312. The highest BCUT2D eigenvalue weighted by Crippen LogP contribution is 2.21. The fraction of sp³-hybridized carbons (Fsp3) is 0.786. The quantitative estimate of drug-likeness (QED) is 0.887. The zero-order valence-corrected chi connectivity index (χ0v) is 11.9. The Hall–Kier alpha value is -0.870. The van der Waals surface area contributed by atoms with Gasteiger partial charge < -0.3 is 10.3 Å². The predicted molar refractivity (Wildman–Crippen MR) is 74.2 cm³/mol. The molecule has 0 fully saturated rings. The molecule has 102 valence electrons. The normalized spacial score (nSPS) is 18.7. The molecule has 1 aliphatic rings. The van der Waals surface area contributed by atoms with Crippen LogP contribution in [0.2, 0.25) is 0 Å². The average molecular weight is 250 g/mol. The van der Waals surface area contributed by atoms with E-state index in [0.717, 1.165) is 39.0 Å². The largest absolute Gasteiger partial charge is 0.333 e. The van der Waals surface area contributed by atoms with E-state index in [9.17, 15) is 0 Å². The minimum atomic E-state index is 0.312. The highest BCUT2D eigenvalue weighted by atomic mass is 15.2. The van der Waals surface area contributed by atoms with Crippen LogP contribution < -0.4 is 5.73 Å². The molecule has 0 spiro atoms. The third kappa shape index (κ3) is 3.82. The molecule has 1 aromatic rings. The van der Waals surface area contributed by atoms with E-state index in [2.05, 4.69) is 41.4 Å². The highest BCUT2D eigenvalue weighted by molar-refractivity contribution is 4.95. The number of imidazole rings is 1. The second-order valence-electron chi connectivity index (χ2n) is 6.63. The maximum atomic E-state index is 6.20. The lowest BCUT2D eigenvalue weighted by molar-refractivity contribution is 0.202. The summed E-state index contributed by atoms with van der Waals surface area (Å²) in [6.07, 6.45) is 6.13. The van der Waals surface area contributed by atoms with Gasteiger partial charge in [0.1, 0.15) is 5.82 Å². The average Bonchev–Trinajstić information content (AvgIpc) is 2.71. The summed E-state index contributed by atoms with van der Waals surface area (Å²) in [7, 11) is 0. The van der Waals surface area contributed by atoms with Crippen LogP contribution in [0.5, 0.6) is 0 Å². The van der Waals surface area contributed by atoms with E-state index in [4.69, 9.17) is 5.73 Å². The zero-order valence-electron chi connectivity index (χ0n) is 11.9. The third-order valence-corrected chi connectivity index (χ3v) is 3.51. The van der Waals surface area contributed by atoms with Crippen molar-refractivity contribution >= 4 is 0 Å². The van der Waals surface area contributed by atoms with Gasteiger partial charge >= 0.3 is 0 Å². The van der Waals surface area contributed by atoms with Gasteiger partial charge in [-0.3, -0.25) is 4.90 Å². The summed E-state index contributed by atoms with van der Waals surface area (Å²) >= 11 is 0. The lowest BCUT2D eigenvalue weighted by Crippen LogP contribution is -2.37. The maximum Gasteiger partial charge on any atom is 0.122 e. The van der Waals surface area contributed by atoms with Crippen molar-refractivity contribution in [2.75, 3.05) is 13.1 Å². The van der Waals surface area contributed by atoms with Crippen LogP contribution in [0.4, 0.5) is 0 Å². The molecule has 1 aromatic heterocycles. The first-order valence-corrected chi connectivity index (χ1v) is 6.92. The molecule has 2 N–H and O–H groups in total. The van der Waals surface area contributed by atoms with Crippen LogP contribution in [-0.4, -0.2) is 33.6 Å². The van der Waals surface area contributed by atoms with Gasteiger partial charge in [-0.25, -0.2) is 4.98 Å². The maximum absolute atomic E-state index is 6.20. The summed E-state index contributed by atoms with van der Waals surface area (Å²) < 4.78 is 2.24. The molecule has 0 saturated heterocycles. The molecule has 2 heterocycles. The van der Waals surface area contributed by atoms with Gasteiger partial charge in [0.05, 0.1) is 6.54 Å². The van der Waals surface area contributed by atoms with Crippen molar-refractivity contribution in [1.29, 1.82) is 0 Å². The van der Waals surface area contributed by atoms with E-state index in [1.54, 1.807) is 0 Å². The lowest BCUT2D eigenvalue weighted by Gasteiger charge is -2.29. The third-order valence-electron chi connectivity index (χ3n) is 3.51. The fourth-order valence-corrected chi connectivity index (χ4v) is 2.65. The molecule has 1 unspecified atom stereocenters. The van der Waals surface area contributed by atoms with Gasteiger partial charge in [-0.15, -0.1) is 0 Å². The van der Waals surface area contributed by atoms with Gasteiger partial charge in [0.25, 0.3) is 0 Å². The van der Waals surface area contributed by atoms with E-state index in [0.29, 0.717) is 11.5 Å². The van der Waals surface area contributed by atoms with Crippen molar-refractivity contribution < 1.29 is 0 Å². The summed E-state index contributed by atoms with van der Waals surface area (Å²) in [5.41, 5.74) is 6.54. The molecule has 1 atom stereocenters. The molecule has 1 aliphatic heterocycles. The number of nitrogens with zero attached hydrogens (tertiary/aromatic N) is 3. The number of hydrogen-bond acceptors (Lipinski definition) is 3. The van der Waals surface area contributed by atoms with Gasteiger partial charge in [0.2, 0.25) is 0 Å². The van der Waals surface area contributed by atoms with Crippen LogP contribution in [0.25, 0.3) is 0 Å². The zero-order chi connectivity index (χ0) is 13.2. The Morgan fingerprint density at radius 3 is 2.89 bits per heavy atom. The Morgan fingerprint density at radius 1 is 1.39 bits per heavy atom. The molecular weight excluding hydrogens is 224 g/mol. The summed E-state index contributed by atoms with van der Waals surface area (Å²) in [6.45, 7) is 11.0. The molecule has 0 bridgehead atoms. The van der Waals surface area contributed by atoms with Crippen molar-refractivity contribution in [2.24, 2.45) is 11.1 Å². The van der Waals surface area contributed by atoms with Gasteiger partial charge in [-0.1, -0.05) is 20.8 Å². The van der Waals surface area contributed by atoms with E-state index in [1.165, 1.54) is 5.82 Å². The lowest BCUT2D eigenvalue weighted by atomic mass is 9.87. The van der Waals surface area contributed by atoms with E-state index < -0.39 is 0 Å². The first-order valence-electron chi connectivity index (χ1n) is 6.92. The van der Waals surface area contributed by atoms with Crippen LogP contribution in [0.3, 0.4) is 0 Å². The second-order valence-corrected chi connectivity index (χ2v) is 6.63. The van der Waals surface area contributed by atoms with Crippen molar-refractivity contribution in [2.45, 2.75) is 52.7 Å². The number of nitrogens with two attached hydrogens (primary N) is 1. The number of fused-ring (bicyclic) bond motifs is 1. The molecule has 0 aromatic carbocycles. The monoisotopic (exact) mass is 250 g/mol. The Bertz CT molecular complexity index is 377. The van der Waals surface area contributed by atoms with Gasteiger partial charge in [-0.2, -0.15) is 0 Å². The van der Waals surface area contributed by atoms with Crippen LogP contribution >= 0.6 is 0 Å². The van der Waals surface area contributed by atoms with Crippen molar-refractivity contribution in [3.05, 3.63) is 18.2 Å². The molecule has 0 amide bonds. The number of aromatic nitrogens is 2. The Labute approximate surface area is 110 Å². The minimum Gasteiger partial charge on any atom is -0.333 e. The second kappa shape index (κ2) is 5.41. The van der Waals surface area contributed by atoms with Crippen LogP contribution in [-0.2, 0) is 13.1 Å². The van der Waals surface area contributed by atoms with E-state index in [1.807, 2.05) is 6.20 Å². The van der Waals surface area contributed by atoms with Crippen LogP contribution in [0, 0.1) is 5.41 Å². The first-order chi connectivity index (χ1) is 8.44. The van der Waals surface area contributed by atoms with Crippen molar-refractivity contribution in [1.82, 2.24) is 14.5 Å². The summed E-state index contributed by atoms with van der Waals surface area (Å²) in [5, 5.41) is 0.